The van der Waals surface area contributed by atoms with E-state index in [1.54, 1.807) is 4.68 Å². The van der Waals surface area contributed by atoms with Crippen LogP contribution in [0.3, 0.4) is 0 Å². The zero-order valence-electron chi connectivity index (χ0n) is 13.7. The molecule has 1 fully saturated rings. The molecule has 1 aromatic carbocycles. The standard InChI is InChI=1S/C17H21ClN4O/c1-12-10-22(15-7-5-4-6-14(15)18)19-16(12)17(23)21-9-8-13(11-21)20(2)3/h4-7,10,13H,8-9,11H2,1-3H3. The number of nitrogens with zero attached hydrogens (tertiary/aromatic N) is 4. The lowest BCUT2D eigenvalue weighted by atomic mass is 10.2. The first kappa shape index (κ1) is 16.0. The highest BCUT2D eigenvalue weighted by Crippen LogP contribution is 2.22. The van der Waals surface area contributed by atoms with E-state index < -0.39 is 0 Å². The van der Waals surface area contributed by atoms with Crippen molar-refractivity contribution in [3.05, 3.63) is 46.7 Å². The summed E-state index contributed by atoms with van der Waals surface area (Å²) in [4.78, 5) is 16.8. The second kappa shape index (κ2) is 6.34. The topological polar surface area (TPSA) is 41.4 Å². The molecule has 0 bridgehead atoms. The van der Waals surface area contributed by atoms with Crippen molar-refractivity contribution in [3.8, 4) is 5.69 Å². The summed E-state index contributed by atoms with van der Waals surface area (Å²) in [5.74, 6) is -0.00217. The number of likely N-dealkylation sites (N-methyl/N-ethyl adjacent to an activating group) is 1. The van der Waals surface area contributed by atoms with Crippen molar-refractivity contribution < 1.29 is 4.79 Å². The molecule has 122 valence electrons. The molecule has 0 saturated carbocycles. The summed E-state index contributed by atoms with van der Waals surface area (Å²) in [5.41, 5.74) is 2.15. The molecule has 1 amide bonds. The summed E-state index contributed by atoms with van der Waals surface area (Å²) < 4.78 is 1.68. The second-order valence-electron chi connectivity index (χ2n) is 6.21. The highest BCUT2D eigenvalue weighted by Gasteiger charge is 2.30. The van der Waals surface area contributed by atoms with Crippen LogP contribution in [0, 0.1) is 6.92 Å². The van der Waals surface area contributed by atoms with Crippen LogP contribution in [0.1, 0.15) is 22.5 Å². The van der Waals surface area contributed by atoms with Gasteiger partial charge in [0.05, 0.1) is 10.7 Å². The Kier molecular flexibility index (Phi) is 4.41. The summed E-state index contributed by atoms with van der Waals surface area (Å²) in [6.45, 7) is 3.44. The Morgan fingerprint density at radius 1 is 1.35 bits per heavy atom. The van der Waals surface area contributed by atoms with Gasteiger partial charge < -0.3 is 9.80 Å². The number of amides is 1. The third-order valence-electron chi connectivity index (χ3n) is 4.38. The van der Waals surface area contributed by atoms with Gasteiger partial charge in [0.1, 0.15) is 0 Å². The molecule has 1 aliphatic rings. The van der Waals surface area contributed by atoms with Gasteiger partial charge in [0.15, 0.2) is 5.69 Å². The first-order valence-electron chi connectivity index (χ1n) is 7.74. The van der Waals surface area contributed by atoms with Crippen LogP contribution in [0.5, 0.6) is 0 Å². The van der Waals surface area contributed by atoms with Crippen molar-refractivity contribution in [1.82, 2.24) is 19.6 Å². The normalized spacial score (nSPS) is 18.0. The van der Waals surface area contributed by atoms with E-state index in [1.165, 1.54) is 0 Å². The van der Waals surface area contributed by atoms with Crippen LogP contribution in [0.4, 0.5) is 0 Å². The maximum atomic E-state index is 12.8. The molecule has 3 rings (SSSR count). The lowest BCUT2D eigenvalue weighted by Crippen LogP contribution is -2.34. The Labute approximate surface area is 141 Å². The summed E-state index contributed by atoms with van der Waals surface area (Å²) in [7, 11) is 4.10. The fourth-order valence-electron chi connectivity index (χ4n) is 2.93. The van der Waals surface area contributed by atoms with Gasteiger partial charge in [-0.3, -0.25) is 4.79 Å². The molecule has 1 atom stereocenters. The number of rotatable bonds is 3. The van der Waals surface area contributed by atoms with Gasteiger partial charge in [-0.1, -0.05) is 23.7 Å². The van der Waals surface area contributed by atoms with Crippen LogP contribution in [0.2, 0.25) is 5.02 Å². The molecule has 0 spiro atoms. The third kappa shape index (κ3) is 3.12. The zero-order chi connectivity index (χ0) is 16.6. The average Bonchev–Trinajstić information content (AvgIpc) is 3.14. The van der Waals surface area contributed by atoms with E-state index in [0.29, 0.717) is 16.8 Å². The fourth-order valence-corrected chi connectivity index (χ4v) is 3.15. The molecule has 6 heteroatoms. The second-order valence-corrected chi connectivity index (χ2v) is 6.62. The van der Waals surface area contributed by atoms with E-state index in [0.717, 1.165) is 30.8 Å². The minimum Gasteiger partial charge on any atom is -0.336 e. The molecule has 1 saturated heterocycles. The summed E-state index contributed by atoms with van der Waals surface area (Å²) in [6.07, 6.45) is 2.86. The van der Waals surface area contributed by atoms with Gasteiger partial charge in [-0.25, -0.2) is 4.68 Å². The van der Waals surface area contributed by atoms with Gasteiger partial charge in [-0.15, -0.1) is 0 Å². The van der Waals surface area contributed by atoms with Gasteiger partial charge in [0.2, 0.25) is 0 Å². The third-order valence-corrected chi connectivity index (χ3v) is 4.70. The molecule has 23 heavy (non-hydrogen) atoms. The molecule has 0 aliphatic carbocycles. The van der Waals surface area contributed by atoms with Gasteiger partial charge >= 0.3 is 0 Å². The molecule has 2 aromatic rings. The van der Waals surface area contributed by atoms with Crippen molar-refractivity contribution in [2.45, 2.75) is 19.4 Å². The van der Waals surface area contributed by atoms with Crippen LogP contribution in [-0.4, -0.2) is 58.7 Å². The molecular weight excluding hydrogens is 312 g/mol. The number of benzene rings is 1. The van der Waals surface area contributed by atoms with Crippen molar-refractivity contribution >= 4 is 17.5 Å². The SMILES string of the molecule is Cc1cn(-c2ccccc2Cl)nc1C(=O)N1CCC(N(C)C)C1. The number of carbonyl (C=O) groups excluding carboxylic acids is 1. The zero-order valence-corrected chi connectivity index (χ0v) is 14.4. The molecular formula is C17H21ClN4O. The predicted molar refractivity (Wildman–Crippen MR) is 91.3 cm³/mol. The molecule has 5 nitrogen and oxygen atoms in total. The number of aromatic nitrogens is 2. The minimum absolute atomic E-state index is 0.00217. The Morgan fingerprint density at radius 2 is 2.09 bits per heavy atom. The fraction of sp³-hybridized carbons (Fsp3) is 0.412. The molecule has 0 N–H and O–H groups in total. The Bertz CT molecular complexity index is 725. The maximum Gasteiger partial charge on any atom is 0.274 e. The van der Waals surface area contributed by atoms with Gasteiger partial charge in [0, 0.05) is 30.9 Å². The molecule has 1 aliphatic heterocycles. The van der Waals surface area contributed by atoms with Crippen LogP contribution in [0.15, 0.2) is 30.5 Å². The number of hydrogen-bond donors (Lipinski definition) is 0. The van der Waals surface area contributed by atoms with Crippen LogP contribution < -0.4 is 0 Å². The summed E-state index contributed by atoms with van der Waals surface area (Å²) in [5, 5.41) is 5.10. The van der Waals surface area contributed by atoms with Gasteiger partial charge in [-0.2, -0.15) is 5.10 Å². The molecule has 0 radical (unpaired) electrons. The highest BCUT2D eigenvalue weighted by molar-refractivity contribution is 6.32. The predicted octanol–water partition coefficient (Wildman–Crippen LogP) is 2.61. The quantitative estimate of drug-likeness (QED) is 0.867. The molecule has 1 aromatic heterocycles. The van der Waals surface area contributed by atoms with Crippen molar-refractivity contribution in [1.29, 1.82) is 0 Å². The first-order chi connectivity index (χ1) is 11.0. The van der Waals surface area contributed by atoms with Crippen LogP contribution >= 0.6 is 11.6 Å². The van der Waals surface area contributed by atoms with E-state index in [-0.39, 0.29) is 5.91 Å². The van der Waals surface area contributed by atoms with Crippen LogP contribution in [-0.2, 0) is 0 Å². The smallest absolute Gasteiger partial charge is 0.274 e. The van der Waals surface area contributed by atoms with Gasteiger partial charge in [0.25, 0.3) is 5.91 Å². The lowest BCUT2D eigenvalue weighted by molar-refractivity contribution is 0.0776. The largest absolute Gasteiger partial charge is 0.336 e. The lowest BCUT2D eigenvalue weighted by Gasteiger charge is -2.20. The van der Waals surface area contributed by atoms with E-state index in [4.69, 9.17) is 11.6 Å². The van der Waals surface area contributed by atoms with E-state index >= 15 is 0 Å². The van der Waals surface area contributed by atoms with E-state index in [1.807, 2.05) is 42.3 Å². The monoisotopic (exact) mass is 332 g/mol. The number of hydrogen-bond acceptors (Lipinski definition) is 3. The summed E-state index contributed by atoms with van der Waals surface area (Å²) in [6, 6.07) is 7.91. The van der Waals surface area contributed by atoms with Crippen LogP contribution in [0.25, 0.3) is 5.69 Å². The Hall–Kier alpha value is -1.85. The van der Waals surface area contributed by atoms with E-state index in [9.17, 15) is 4.79 Å². The minimum atomic E-state index is -0.00217. The number of carbonyl (C=O) groups is 1. The van der Waals surface area contributed by atoms with Crippen molar-refractivity contribution in [2.24, 2.45) is 0 Å². The maximum absolute atomic E-state index is 12.8. The molecule has 1 unspecified atom stereocenters. The Balaban J connectivity index is 1.84. The first-order valence-corrected chi connectivity index (χ1v) is 8.12. The van der Waals surface area contributed by atoms with E-state index in [2.05, 4.69) is 24.1 Å². The highest BCUT2D eigenvalue weighted by atomic mass is 35.5. The number of para-hydroxylation sites is 1. The average molecular weight is 333 g/mol. The number of aryl methyl sites for hydroxylation is 1. The number of halogens is 1. The van der Waals surface area contributed by atoms with Gasteiger partial charge in [-0.05, 0) is 39.6 Å². The summed E-state index contributed by atoms with van der Waals surface area (Å²) >= 11 is 6.22. The molecule has 2 heterocycles. The number of likely N-dealkylation sites (tertiary alicyclic amines) is 1. The van der Waals surface area contributed by atoms with Crippen molar-refractivity contribution in [3.63, 3.8) is 0 Å². The van der Waals surface area contributed by atoms with Crippen molar-refractivity contribution in [2.75, 3.05) is 27.2 Å². The Morgan fingerprint density at radius 3 is 2.74 bits per heavy atom.